The Balaban J connectivity index is 2.10. The molecule has 0 aromatic carbocycles. The highest BCUT2D eigenvalue weighted by atomic mass is 14.9. The van der Waals surface area contributed by atoms with Crippen LogP contribution in [0.25, 0.3) is 0 Å². The summed E-state index contributed by atoms with van der Waals surface area (Å²) in [6.07, 6.45) is 18.0. The molecule has 0 aliphatic heterocycles. The molecule has 0 bridgehead atoms. The van der Waals surface area contributed by atoms with Gasteiger partial charge in [-0.05, 0) is 51.0 Å². The zero-order valence-corrected chi connectivity index (χ0v) is 12.4. The van der Waals surface area contributed by atoms with Crippen LogP contribution in [0.2, 0.25) is 0 Å². The third-order valence-corrected chi connectivity index (χ3v) is 5.18. The second-order valence-corrected chi connectivity index (χ2v) is 6.67. The van der Waals surface area contributed by atoms with Crippen molar-refractivity contribution in [3.05, 3.63) is 11.6 Å². The van der Waals surface area contributed by atoms with Gasteiger partial charge in [0.1, 0.15) is 0 Å². The van der Waals surface area contributed by atoms with E-state index in [0.29, 0.717) is 11.5 Å². The number of likely N-dealkylation sites (N-methyl/N-ethyl adjacent to an activating group) is 1. The summed E-state index contributed by atoms with van der Waals surface area (Å²) < 4.78 is 0. The number of nitrogens with one attached hydrogen (secondary N) is 1. The Morgan fingerprint density at radius 1 is 1.00 bits per heavy atom. The van der Waals surface area contributed by atoms with Crippen molar-refractivity contribution in [3.63, 3.8) is 0 Å². The largest absolute Gasteiger partial charge is 0.313 e. The summed E-state index contributed by atoms with van der Waals surface area (Å²) in [6.45, 7) is 2.52. The summed E-state index contributed by atoms with van der Waals surface area (Å²) in [5, 5.41) is 3.66. The molecular formula is C17H31N. The molecule has 0 heterocycles. The lowest BCUT2D eigenvalue weighted by atomic mass is 9.67. The fourth-order valence-electron chi connectivity index (χ4n) is 4.11. The van der Waals surface area contributed by atoms with E-state index in [4.69, 9.17) is 0 Å². The van der Waals surface area contributed by atoms with Crippen molar-refractivity contribution < 1.29 is 0 Å². The van der Waals surface area contributed by atoms with Crippen molar-refractivity contribution in [2.45, 2.75) is 83.6 Å². The normalized spacial score (nSPS) is 26.9. The molecule has 0 saturated heterocycles. The molecule has 1 atom stereocenters. The van der Waals surface area contributed by atoms with Gasteiger partial charge in [-0.1, -0.05) is 50.7 Å². The van der Waals surface area contributed by atoms with Crippen LogP contribution >= 0.6 is 0 Å². The fourth-order valence-corrected chi connectivity index (χ4v) is 4.11. The van der Waals surface area contributed by atoms with Gasteiger partial charge in [0.15, 0.2) is 0 Å². The molecule has 2 aliphatic rings. The van der Waals surface area contributed by atoms with Crippen molar-refractivity contribution >= 4 is 0 Å². The van der Waals surface area contributed by atoms with Gasteiger partial charge in [0, 0.05) is 6.04 Å². The van der Waals surface area contributed by atoms with E-state index in [2.05, 4.69) is 25.4 Å². The van der Waals surface area contributed by atoms with Crippen LogP contribution in [0.5, 0.6) is 0 Å². The molecule has 0 spiro atoms. The van der Waals surface area contributed by atoms with Gasteiger partial charge in [0.2, 0.25) is 0 Å². The van der Waals surface area contributed by atoms with Gasteiger partial charge in [0.05, 0.1) is 0 Å². The van der Waals surface area contributed by atoms with E-state index in [-0.39, 0.29) is 0 Å². The van der Waals surface area contributed by atoms with Gasteiger partial charge in [-0.25, -0.2) is 0 Å². The molecule has 1 saturated carbocycles. The molecule has 2 aliphatic carbocycles. The molecule has 0 radical (unpaired) electrons. The molecule has 1 unspecified atom stereocenters. The van der Waals surface area contributed by atoms with E-state index >= 15 is 0 Å². The van der Waals surface area contributed by atoms with Gasteiger partial charge >= 0.3 is 0 Å². The van der Waals surface area contributed by atoms with Crippen LogP contribution in [0.4, 0.5) is 0 Å². The Labute approximate surface area is 113 Å². The SMILES string of the molecule is CNC(C1=CCCCCCC1)C1(C)CCCCC1. The molecule has 1 nitrogen and oxygen atoms in total. The zero-order valence-electron chi connectivity index (χ0n) is 12.4. The summed E-state index contributed by atoms with van der Waals surface area (Å²) in [5.74, 6) is 0. The molecule has 1 heteroatoms. The van der Waals surface area contributed by atoms with Crippen LogP contribution < -0.4 is 5.32 Å². The second-order valence-electron chi connectivity index (χ2n) is 6.67. The lowest BCUT2D eigenvalue weighted by Crippen LogP contribution is -2.44. The molecule has 2 rings (SSSR count). The maximum absolute atomic E-state index is 3.66. The Morgan fingerprint density at radius 3 is 2.39 bits per heavy atom. The van der Waals surface area contributed by atoms with Crippen LogP contribution in [-0.4, -0.2) is 13.1 Å². The molecule has 1 N–H and O–H groups in total. The van der Waals surface area contributed by atoms with Crippen molar-refractivity contribution in [3.8, 4) is 0 Å². The topological polar surface area (TPSA) is 12.0 Å². The Kier molecular flexibility index (Phi) is 5.29. The molecule has 0 amide bonds. The lowest BCUT2D eigenvalue weighted by Gasteiger charge is -2.42. The smallest absolute Gasteiger partial charge is 0.0330 e. The Bertz CT molecular complexity index is 273. The standard InChI is InChI=1S/C17H31N/c1-17(13-9-6-10-14-17)16(18-2)15-11-7-4-3-5-8-12-15/h11,16,18H,3-10,12-14H2,1-2H3. The Morgan fingerprint density at radius 2 is 1.67 bits per heavy atom. The van der Waals surface area contributed by atoms with Crippen LogP contribution in [-0.2, 0) is 0 Å². The zero-order chi connectivity index (χ0) is 12.8. The third-order valence-electron chi connectivity index (χ3n) is 5.18. The summed E-state index contributed by atoms with van der Waals surface area (Å²) in [6, 6.07) is 0.635. The third kappa shape index (κ3) is 3.38. The molecule has 0 aromatic heterocycles. The van der Waals surface area contributed by atoms with Crippen molar-refractivity contribution in [2.75, 3.05) is 7.05 Å². The molecule has 0 aromatic rings. The van der Waals surface area contributed by atoms with E-state index in [9.17, 15) is 0 Å². The van der Waals surface area contributed by atoms with Gasteiger partial charge in [-0.15, -0.1) is 0 Å². The lowest BCUT2D eigenvalue weighted by molar-refractivity contribution is 0.166. The van der Waals surface area contributed by atoms with E-state index < -0.39 is 0 Å². The number of allylic oxidation sites excluding steroid dienone is 1. The average Bonchev–Trinajstić information content (AvgIpc) is 2.33. The maximum atomic E-state index is 3.66. The Hall–Kier alpha value is -0.300. The van der Waals surface area contributed by atoms with Crippen molar-refractivity contribution in [2.24, 2.45) is 5.41 Å². The van der Waals surface area contributed by atoms with Crippen LogP contribution in [0.1, 0.15) is 77.6 Å². The second kappa shape index (κ2) is 6.75. The first-order valence-electron chi connectivity index (χ1n) is 8.12. The van der Waals surface area contributed by atoms with E-state index in [0.717, 1.165) is 0 Å². The minimum Gasteiger partial charge on any atom is -0.313 e. The monoisotopic (exact) mass is 249 g/mol. The first-order valence-corrected chi connectivity index (χ1v) is 8.12. The van der Waals surface area contributed by atoms with Crippen LogP contribution in [0, 0.1) is 5.41 Å². The van der Waals surface area contributed by atoms with Crippen LogP contribution in [0.15, 0.2) is 11.6 Å². The minimum atomic E-state index is 0.512. The number of rotatable bonds is 3. The molecule has 18 heavy (non-hydrogen) atoms. The van der Waals surface area contributed by atoms with E-state index in [1.54, 1.807) is 5.57 Å². The van der Waals surface area contributed by atoms with Crippen molar-refractivity contribution in [1.29, 1.82) is 0 Å². The molecular weight excluding hydrogens is 218 g/mol. The minimum absolute atomic E-state index is 0.512. The van der Waals surface area contributed by atoms with Gasteiger partial charge < -0.3 is 5.32 Å². The quantitative estimate of drug-likeness (QED) is 0.707. The summed E-state index contributed by atoms with van der Waals surface area (Å²) in [7, 11) is 2.17. The molecule has 104 valence electrons. The summed E-state index contributed by atoms with van der Waals surface area (Å²) in [5.41, 5.74) is 2.24. The number of hydrogen-bond acceptors (Lipinski definition) is 1. The highest BCUT2D eigenvalue weighted by Crippen LogP contribution is 2.42. The maximum Gasteiger partial charge on any atom is 0.0330 e. The summed E-state index contributed by atoms with van der Waals surface area (Å²) >= 11 is 0. The van der Waals surface area contributed by atoms with Gasteiger partial charge in [-0.3, -0.25) is 0 Å². The fraction of sp³-hybridized carbons (Fsp3) is 0.882. The van der Waals surface area contributed by atoms with Crippen molar-refractivity contribution in [1.82, 2.24) is 5.32 Å². The molecule has 1 fully saturated rings. The highest BCUT2D eigenvalue weighted by Gasteiger charge is 2.36. The average molecular weight is 249 g/mol. The number of hydrogen-bond donors (Lipinski definition) is 1. The van der Waals surface area contributed by atoms with Gasteiger partial charge in [-0.2, -0.15) is 0 Å². The summed E-state index contributed by atoms with van der Waals surface area (Å²) in [4.78, 5) is 0. The van der Waals surface area contributed by atoms with E-state index in [1.807, 2.05) is 0 Å². The predicted octanol–water partition coefficient (Wildman–Crippen LogP) is 4.83. The van der Waals surface area contributed by atoms with Gasteiger partial charge in [0.25, 0.3) is 0 Å². The first-order chi connectivity index (χ1) is 8.76. The predicted molar refractivity (Wildman–Crippen MR) is 79.8 cm³/mol. The first kappa shape index (κ1) is 14.1. The van der Waals surface area contributed by atoms with E-state index in [1.165, 1.54) is 70.6 Å². The highest BCUT2D eigenvalue weighted by molar-refractivity contribution is 5.16. The van der Waals surface area contributed by atoms with Crippen LogP contribution in [0.3, 0.4) is 0 Å².